The van der Waals surface area contributed by atoms with E-state index in [4.69, 9.17) is 0 Å². The van der Waals surface area contributed by atoms with E-state index in [1.807, 2.05) is 53.4 Å². The monoisotopic (exact) mass is 534 g/mol. The van der Waals surface area contributed by atoms with Gasteiger partial charge in [-0.3, -0.25) is 9.59 Å². The molecule has 1 heterocycles. The molecule has 1 N–H and O–H groups in total. The minimum Gasteiger partial charge on any atom is -0.480 e. The van der Waals surface area contributed by atoms with E-state index in [1.165, 1.54) is 12.1 Å². The molecule has 4 aromatic carbocycles. The van der Waals surface area contributed by atoms with E-state index in [9.17, 15) is 19.1 Å². The van der Waals surface area contributed by atoms with Crippen molar-refractivity contribution in [3.63, 3.8) is 0 Å². The van der Waals surface area contributed by atoms with Gasteiger partial charge in [0, 0.05) is 35.6 Å². The summed E-state index contributed by atoms with van der Waals surface area (Å²) in [5.74, 6) is -1.19. The molecular weight excluding hydrogens is 503 g/mol. The van der Waals surface area contributed by atoms with E-state index < -0.39 is 5.97 Å². The van der Waals surface area contributed by atoms with Gasteiger partial charge >= 0.3 is 5.97 Å². The number of carbonyl (C=O) groups is 2. The van der Waals surface area contributed by atoms with Crippen LogP contribution in [0.1, 0.15) is 35.2 Å². The quantitative estimate of drug-likeness (QED) is 0.246. The number of benzene rings is 4. The van der Waals surface area contributed by atoms with Crippen LogP contribution in [0.4, 0.5) is 4.39 Å². The van der Waals surface area contributed by atoms with Gasteiger partial charge < -0.3 is 14.6 Å². The average molecular weight is 535 g/mol. The Hall–Kier alpha value is -4.45. The summed E-state index contributed by atoms with van der Waals surface area (Å²) in [7, 11) is 0. The highest BCUT2D eigenvalue weighted by molar-refractivity contribution is 5.88. The van der Waals surface area contributed by atoms with Gasteiger partial charge in [-0.25, -0.2) is 4.39 Å². The third-order valence-electron chi connectivity index (χ3n) is 8.15. The lowest BCUT2D eigenvalue weighted by molar-refractivity contribution is -0.137. The number of rotatable bonds is 8. The normalized spacial score (nSPS) is 14.8. The number of carboxylic acid groups (broad SMARTS) is 1. The van der Waals surface area contributed by atoms with Gasteiger partial charge in [0.2, 0.25) is 5.91 Å². The molecule has 202 valence electrons. The van der Waals surface area contributed by atoms with Crippen LogP contribution in [0.25, 0.3) is 21.7 Å². The highest BCUT2D eigenvalue weighted by Crippen LogP contribution is 2.35. The molecule has 40 heavy (non-hydrogen) atoms. The maximum atomic E-state index is 14.4. The lowest BCUT2D eigenvalue weighted by Crippen LogP contribution is -2.43. The van der Waals surface area contributed by atoms with Crippen molar-refractivity contribution in [2.75, 3.05) is 0 Å². The molecule has 1 unspecified atom stereocenters. The fourth-order valence-electron chi connectivity index (χ4n) is 6.26. The smallest absolute Gasteiger partial charge is 0.323 e. The zero-order valence-electron chi connectivity index (χ0n) is 22.2. The Bertz CT molecular complexity index is 1700. The lowest BCUT2D eigenvalue weighted by atomic mass is 9.89. The first kappa shape index (κ1) is 25.8. The Kier molecular flexibility index (Phi) is 7.08. The second-order valence-corrected chi connectivity index (χ2v) is 10.6. The second-order valence-electron chi connectivity index (χ2n) is 10.6. The maximum absolute atomic E-state index is 14.4. The molecule has 1 aromatic heterocycles. The summed E-state index contributed by atoms with van der Waals surface area (Å²) >= 11 is 0. The fraction of sp³-hybridized carbons (Fsp3) is 0.235. The number of halogens is 1. The van der Waals surface area contributed by atoms with Crippen molar-refractivity contribution in [1.82, 2.24) is 9.47 Å². The van der Waals surface area contributed by atoms with Crippen molar-refractivity contribution in [3.05, 3.63) is 119 Å². The number of carbonyl (C=O) groups excluding carboxylic acids is 1. The number of carboxylic acids is 1. The number of hydrogen-bond acceptors (Lipinski definition) is 2. The molecule has 0 saturated heterocycles. The van der Waals surface area contributed by atoms with Gasteiger partial charge in [-0.1, -0.05) is 72.8 Å². The van der Waals surface area contributed by atoms with Gasteiger partial charge in [-0.2, -0.15) is 0 Å². The van der Waals surface area contributed by atoms with Gasteiger partial charge in [0.15, 0.2) is 0 Å². The van der Waals surface area contributed by atoms with Crippen LogP contribution in [-0.4, -0.2) is 32.5 Å². The Morgan fingerprint density at radius 1 is 0.925 bits per heavy atom. The topological polar surface area (TPSA) is 62.5 Å². The molecule has 5 nitrogen and oxygen atoms in total. The summed E-state index contributed by atoms with van der Waals surface area (Å²) in [6.07, 6.45) is 2.96. The first-order chi connectivity index (χ1) is 19.5. The van der Waals surface area contributed by atoms with E-state index in [-0.39, 0.29) is 24.3 Å². The van der Waals surface area contributed by atoms with Crippen LogP contribution in [-0.2, 0) is 41.9 Å². The third kappa shape index (κ3) is 5.09. The van der Waals surface area contributed by atoms with Gasteiger partial charge in [-0.05, 0) is 71.3 Å². The standard InChI is InChI=1S/C34H31FN2O3/c35-26-14-16-31-29(19-26)30-20-27(15-17-32(30)37(31)22-34(39)40)36(33(38)18-13-23-7-2-1-3-8-23)21-25-11-6-10-24-9-4-5-12-28(24)25/h1-12,14,16,19,27H,13,15,17-18,20-22H2,(H,39,40). The summed E-state index contributed by atoms with van der Waals surface area (Å²) in [5.41, 5.74) is 4.83. The van der Waals surface area contributed by atoms with Crippen LogP contribution in [0.2, 0.25) is 0 Å². The zero-order valence-corrected chi connectivity index (χ0v) is 22.2. The molecule has 6 heteroatoms. The van der Waals surface area contributed by atoms with Crippen LogP contribution < -0.4 is 0 Å². The van der Waals surface area contributed by atoms with E-state index in [1.54, 1.807) is 10.6 Å². The minimum absolute atomic E-state index is 0.0816. The van der Waals surface area contributed by atoms with Crippen molar-refractivity contribution >= 4 is 33.6 Å². The number of aryl methyl sites for hydroxylation is 1. The molecule has 5 aromatic rings. The summed E-state index contributed by atoms with van der Waals surface area (Å²) in [4.78, 5) is 27.6. The Labute approximate surface area is 232 Å². The molecule has 1 atom stereocenters. The van der Waals surface area contributed by atoms with Crippen LogP contribution in [0.3, 0.4) is 0 Å². The van der Waals surface area contributed by atoms with Gasteiger partial charge in [0.05, 0.1) is 0 Å². The average Bonchev–Trinajstić information content (AvgIpc) is 3.26. The number of fused-ring (bicyclic) bond motifs is 4. The van der Waals surface area contributed by atoms with Crippen LogP contribution in [0, 0.1) is 5.82 Å². The van der Waals surface area contributed by atoms with Gasteiger partial charge in [0.25, 0.3) is 0 Å². The van der Waals surface area contributed by atoms with Crippen molar-refractivity contribution in [3.8, 4) is 0 Å². The number of hydrogen-bond donors (Lipinski definition) is 1. The molecule has 6 rings (SSSR count). The number of aliphatic carboxylic acids is 1. The largest absolute Gasteiger partial charge is 0.480 e. The first-order valence-electron chi connectivity index (χ1n) is 13.8. The van der Waals surface area contributed by atoms with Crippen molar-refractivity contribution in [2.24, 2.45) is 0 Å². The lowest BCUT2D eigenvalue weighted by Gasteiger charge is -2.35. The summed E-state index contributed by atoms with van der Waals surface area (Å²) < 4.78 is 16.2. The molecule has 0 radical (unpaired) electrons. The Morgan fingerprint density at radius 3 is 2.52 bits per heavy atom. The van der Waals surface area contributed by atoms with Crippen molar-refractivity contribution < 1.29 is 19.1 Å². The maximum Gasteiger partial charge on any atom is 0.323 e. The molecule has 1 aliphatic rings. The highest BCUT2D eigenvalue weighted by Gasteiger charge is 2.32. The first-order valence-corrected chi connectivity index (χ1v) is 13.8. The summed E-state index contributed by atoms with van der Waals surface area (Å²) in [6.45, 7) is 0.314. The van der Waals surface area contributed by atoms with Crippen LogP contribution in [0.5, 0.6) is 0 Å². The molecule has 0 aliphatic heterocycles. The van der Waals surface area contributed by atoms with Crippen LogP contribution in [0.15, 0.2) is 91.0 Å². The van der Waals surface area contributed by atoms with E-state index in [2.05, 4.69) is 24.3 Å². The number of amides is 1. The second kappa shape index (κ2) is 11.0. The SMILES string of the molecule is O=C(O)Cn1c2c(c3cc(F)ccc31)CC(N(Cc1cccc3ccccc13)C(=O)CCc1ccccc1)CC2. The number of aromatic nitrogens is 1. The molecule has 0 saturated carbocycles. The van der Waals surface area contributed by atoms with Crippen molar-refractivity contribution in [2.45, 2.75) is 51.2 Å². The fourth-order valence-corrected chi connectivity index (χ4v) is 6.26. The molecule has 1 amide bonds. The van der Waals surface area contributed by atoms with E-state index in [0.717, 1.165) is 44.1 Å². The molecule has 0 spiro atoms. The summed E-state index contributed by atoms with van der Waals surface area (Å²) in [6, 6.07) is 28.9. The van der Waals surface area contributed by atoms with Crippen molar-refractivity contribution in [1.29, 1.82) is 0 Å². The van der Waals surface area contributed by atoms with Crippen LogP contribution >= 0.6 is 0 Å². The predicted molar refractivity (Wildman–Crippen MR) is 155 cm³/mol. The third-order valence-corrected chi connectivity index (χ3v) is 8.15. The number of nitrogens with zero attached hydrogens (tertiary/aromatic N) is 2. The summed E-state index contributed by atoms with van der Waals surface area (Å²) in [5, 5.41) is 12.6. The van der Waals surface area contributed by atoms with E-state index in [0.29, 0.717) is 38.6 Å². The minimum atomic E-state index is -0.931. The zero-order chi connectivity index (χ0) is 27.6. The molecule has 1 aliphatic carbocycles. The molecular formula is C34H31FN2O3. The van der Waals surface area contributed by atoms with Gasteiger partial charge in [0.1, 0.15) is 12.4 Å². The van der Waals surface area contributed by atoms with E-state index >= 15 is 0 Å². The molecule has 0 fully saturated rings. The van der Waals surface area contributed by atoms with Gasteiger partial charge in [-0.15, -0.1) is 0 Å². The Balaban J connectivity index is 1.36. The molecule has 0 bridgehead atoms. The highest BCUT2D eigenvalue weighted by atomic mass is 19.1. The predicted octanol–water partition coefficient (Wildman–Crippen LogP) is 6.54. The Morgan fingerprint density at radius 2 is 1.70 bits per heavy atom.